The zero-order valence-electron chi connectivity index (χ0n) is 11.8. The highest BCUT2D eigenvalue weighted by atomic mass is 32.2. The molecule has 0 radical (unpaired) electrons. The monoisotopic (exact) mass is 296 g/mol. The first-order chi connectivity index (χ1) is 9.39. The van der Waals surface area contributed by atoms with Crippen LogP contribution >= 0.6 is 0 Å². The SMILES string of the molecule is CC(=O)NC1CCN(S(=O)(=O)c2ccc(C)cc2)CC1. The first-order valence-electron chi connectivity index (χ1n) is 6.73. The minimum Gasteiger partial charge on any atom is -0.354 e. The summed E-state index contributed by atoms with van der Waals surface area (Å²) in [5.74, 6) is -0.0650. The summed E-state index contributed by atoms with van der Waals surface area (Å²) in [6.07, 6.45) is 1.31. The zero-order valence-corrected chi connectivity index (χ0v) is 12.6. The maximum absolute atomic E-state index is 12.5. The summed E-state index contributed by atoms with van der Waals surface area (Å²) < 4.78 is 26.4. The Balaban J connectivity index is 2.05. The molecular formula is C14H20N2O3S. The van der Waals surface area contributed by atoms with E-state index in [9.17, 15) is 13.2 Å². The lowest BCUT2D eigenvalue weighted by atomic mass is 10.1. The van der Waals surface area contributed by atoms with Gasteiger partial charge in [0.25, 0.3) is 0 Å². The van der Waals surface area contributed by atoms with Crippen LogP contribution in [0.15, 0.2) is 29.2 Å². The molecule has 0 spiro atoms. The van der Waals surface area contributed by atoms with Crippen molar-refractivity contribution in [3.63, 3.8) is 0 Å². The molecule has 0 atom stereocenters. The molecule has 0 saturated carbocycles. The van der Waals surface area contributed by atoms with Crippen molar-refractivity contribution in [2.24, 2.45) is 0 Å². The number of hydrogen-bond acceptors (Lipinski definition) is 3. The summed E-state index contributed by atoms with van der Waals surface area (Å²) in [7, 11) is -3.41. The number of aryl methyl sites for hydroxylation is 1. The molecule has 1 aliphatic rings. The molecule has 0 unspecified atom stereocenters. The maximum atomic E-state index is 12.5. The van der Waals surface area contributed by atoms with E-state index in [1.54, 1.807) is 24.3 Å². The van der Waals surface area contributed by atoms with Crippen LogP contribution in [-0.4, -0.2) is 37.8 Å². The second-order valence-electron chi connectivity index (χ2n) is 5.19. The molecule has 1 saturated heterocycles. The zero-order chi connectivity index (χ0) is 14.8. The molecule has 1 aliphatic heterocycles. The fourth-order valence-corrected chi connectivity index (χ4v) is 3.86. The minimum absolute atomic E-state index is 0.0650. The van der Waals surface area contributed by atoms with E-state index >= 15 is 0 Å². The van der Waals surface area contributed by atoms with Gasteiger partial charge in [-0.25, -0.2) is 8.42 Å². The van der Waals surface area contributed by atoms with Gasteiger partial charge >= 0.3 is 0 Å². The molecule has 110 valence electrons. The van der Waals surface area contributed by atoms with Crippen LogP contribution in [-0.2, 0) is 14.8 Å². The molecule has 5 nitrogen and oxygen atoms in total. The van der Waals surface area contributed by atoms with E-state index in [-0.39, 0.29) is 11.9 Å². The maximum Gasteiger partial charge on any atom is 0.243 e. The van der Waals surface area contributed by atoms with Gasteiger partial charge in [0.1, 0.15) is 0 Å². The molecular weight excluding hydrogens is 276 g/mol. The highest BCUT2D eigenvalue weighted by Crippen LogP contribution is 2.21. The fourth-order valence-electron chi connectivity index (χ4n) is 2.39. The van der Waals surface area contributed by atoms with Gasteiger partial charge in [0.2, 0.25) is 15.9 Å². The van der Waals surface area contributed by atoms with Gasteiger partial charge in [-0.2, -0.15) is 4.31 Å². The first-order valence-corrected chi connectivity index (χ1v) is 8.17. The number of amides is 1. The molecule has 1 N–H and O–H groups in total. The molecule has 0 bridgehead atoms. The smallest absolute Gasteiger partial charge is 0.243 e. The Bertz CT molecular complexity index is 573. The lowest BCUT2D eigenvalue weighted by molar-refractivity contribution is -0.119. The van der Waals surface area contributed by atoms with E-state index in [2.05, 4.69) is 5.32 Å². The van der Waals surface area contributed by atoms with Crippen molar-refractivity contribution in [3.05, 3.63) is 29.8 Å². The average Bonchev–Trinajstić information content (AvgIpc) is 2.39. The molecule has 1 amide bonds. The predicted molar refractivity (Wildman–Crippen MR) is 76.8 cm³/mol. The van der Waals surface area contributed by atoms with Gasteiger partial charge in [0.15, 0.2) is 0 Å². The van der Waals surface area contributed by atoms with Crippen molar-refractivity contribution >= 4 is 15.9 Å². The van der Waals surface area contributed by atoms with E-state index < -0.39 is 10.0 Å². The van der Waals surface area contributed by atoms with Crippen molar-refractivity contribution < 1.29 is 13.2 Å². The van der Waals surface area contributed by atoms with Gasteiger partial charge in [-0.15, -0.1) is 0 Å². The molecule has 0 aromatic heterocycles. The van der Waals surface area contributed by atoms with Crippen LogP contribution in [0.5, 0.6) is 0 Å². The van der Waals surface area contributed by atoms with Crippen molar-refractivity contribution in [3.8, 4) is 0 Å². The quantitative estimate of drug-likeness (QED) is 0.914. The first kappa shape index (κ1) is 15.0. The molecule has 20 heavy (non-hydrogen) atoms. The molecule has 1 fully saturated rings. The minimum atomic E-state index is -3.41. The van der Waals surface area contributed by atoms with Gasteiger partial charge in [0, 0.05) is 26.1 Å². The second-order valence-corrected chi connectivity index (χ2v) is 7.13. The van der Waals surface area contributed by atoms with Gasteiger partial charge in [-0.1, -0.05) is 17.7 Å². The van der Waals surface area contributed by atoms with Crippen LogP contribution in [0.3, 0.4) is 0 Å². The Morgan fingerprint density at radius 2 is 1.75 bits per heavy atom. The predicted octanol–water partition coefficient (Wildman–Crippen LogP) is 1.28. The topological polar surface area (TPSA) is 66.5 Å². The van der Waals surface area contributed by atoms with Crippen LogP contribution < -0.4 is 5.32 Å². The van der Waals surface area contributed by atoms with Gasteiger partial charge in [-0.3, -0.25) is 4.79 Å². The third kappa shape index (κ3) is 3.37. The summed E-state index contributed by atoms with van der Waals surface area (Å²) in [4.78, 5) is 11.3. The van der Waals surface area contributed by atoms with Crippen LogP contribution in [0.4, 0.5) is 0 Å². The van der Waals surface area contributed by atoms with Crippen molar-refractivity contribution in [1.29, 1.82) is 0 Å². The molecule has 1 aromatic rings. The molecule has 1 heterocycles. The molecule has 1 aromatic carbocycles. The number of benzene rings is 1. The fraction of sp³-hybridized carbons (Fsp3) is 0.500. The third-order valence-electron chi connectivity index (χ3n) is 3.52. The van der Waals surface area contributed by atoms with E-state index in [4.69, 9.17) is 0 Å². The summed E-state index contributed by atoms with van der Waals surface area (Å²) in [6, 6.07) is 6.97. The number of nitrogens with one attached hydrogen (secondary N) is 1. The van der Waals surface area contributed by atoms with E-state index in [1.165, 1.54) is 11.2 Å². The Hall–Kier alpha value is -1.40. The standard InChI is InChI=1S/C14H20N2O3S/c1-11-3-5-14(6-4-11)20(18,19)16-9-7-13(8-10-16)15-12(2)17/h3-6,13H,7-10H2,1-2H3,(H,15,17). The van der Waals surface area contributed by atoms with E-state index in [1.807, 2.05) is 6.92 Å². The van der Waals surface area contributed by atoms with Gasteiger partial charge < -0.3 is 5.32 Å². The van der Waals surface area contributed by atoms with E-state index in [0.29, 0.717) is 30.8 Å². The third-order valence-corrected chi connectivity index (χ3v) is 5.43. The normalized spacial score (nSPS) is 17.9. The summed E-state index contributed by atoms with van der Waals surface area (Å²) >= 11 is 0. The Labute approximate surface area is 120 Å². The lowest BCUT2D eigenvalue weighted by Gasteiger charge is -2.31. The molecule has 2 rings (SSSR count). The van der Waals surface area contributed by atoms with Crippen molar-refractivity contribution in [2.75, 3.05) is 13.1 Å². The number of nitrogens with zero attached hydrogens (tertiary/aromatic N) is 1. The van der Waals surface area contributed by atoms with Crippen LogP contribution in [0, 0.1) is 6.92 Å². The Kier molecular flexibility index (Phi) is 4.45. The van der Waals surface area contributed by atoms with E-state index in [0.717, 1.165) is 5.56 Å². The molecule has 6 heteroatoms. The number of sulfonamides is 1. The van der Waals surface area contributed by atoms with Crippen molar-refractivity contribution in [1.82, 2.24) is 9.62 Å². The Morgan fingerprint density at radius 3 is 2.25 bits per heavy atom. The lowest BCUT2D eigenvalue weighted by Crippen LogP contribution is -2.45. The highest BCUT2D eigenvalue weighted by Gasteiger charge is 2.29. The summed E-state index contributed by atoms with van der Waals surface area (Å²) in [5, 5.41) is 2.84. The van der Waals surface area contributed by atoms with Crippen LogP contribution in [0.1, 0.15) is 25.3 Å². The summed E-state index contributed by atoms with van der Waals surface area (Å²) in [6.45, 7) is 4.30. The Morgan fingerprint density at radius 1 is 1.20 bits per heavy atom. The van der Waals surface area contributed by atoms with Gasteiger partial charge in [-0.05, 0) is 31.9 Å². The summed E-state index contributed by atoms with van der Waals surface area (Å²) in [5.41, 5.74) is 1.04. The molecule has 0 aliphatic carbocycles. The largest absolute Gasteiger partial charge is 0.354 e. The highest BCUT2D eigenvalue weighted by molar-refractivity contribution is 7.89. The number of piperidine rings is 1. The second kappa shape index (κ2) is 5.93. The number of carbonyl (C=O) groups is 1. The van der Waals surface area contributed by atoms with Crippen LogP contribution in [0.2, 0.25) is 0 Å². The van der Waals surface area contributed by atoms with Gasteiger partial charge in [0.05, 0.1) is 4.90 Å². The van der Waals surface area contributed by atoms with Crippen LogP contribution in [0.25, 0.3) is 0 Å². The number of hydrogen-bond donors (Lipinski definition) is 1. The number of rotatable bonds is 3. The van der Waals surface area contributed by atoms with Crippen molar-refractivity contribution in [2.45, 2.75) is 37.6 Å². The average molecular weight is 296 g/mol. The number of carbonyl (C=O) groups excluding carboxylic acids is 1.